The van der Waals surface area contributed by atoms with Gasteiger partial charge in [-0.3, -0.25) is 9.59 Å². The number of carbonyl (C=O) groups is 2. The second-order valence-electron chi connectivity index (χ2n) is 6.57. The normalized spacial score (nSPS) is 20.4. The number of aromatic amines is 1. The molecule has 134 valence electrons. The van der Waals surface area contributed by atoms with Crippen molar-refractivity contribution < 1.29 is 18.4 Å². The van der Waals surface area contributed by atoms with Crippen LogP contribution >= 0.6 is 0 Å². The first-order valence-corrected chi connectivity index (χ1v) is 8.56. The van der Waals surface area contributed by atoms with E-state index in [1.54, 1.807) is 0 Å². The number of rotatable bonds is 3. The van der Waals surface area contributed by atoms with Crippen LogP contribution in [0.25, 0.3) is 10.9 Å². The molecule has 3 rings (SSSR count). The molecule has 5 nitrogen and oxygen atoms in total. The second kappa shape index (κ2) is 7.21. The number of H-pyrrole nitrogens is 1. The molecule has 2 amide bonds. The van der Waals surface area contributed by atoms with E-state index < -0.39 is 23.4 Å². The minimum Gasteiger partial charge on any atom is -0.359 e. The molecule has 0 aliphatic heterocycles. The summed E-state index contributed by atoms with van der Waals surface area (Å²) in [5.74, 6) is -2.82. The van der Waals surface area contributed by atoms with Gasteiger partial charge in [-0.2, -0.15) is 0 Å². The Morgan fingerprint density at radius 3 is 2.48 bits per heavy atom. The smallest absolute Gasteiger partial charge is 0.313 e. The Kier molecular flexibility index (Phi) is 5.01. The van der Waals surface area contributed by atoms with Crippen LogP contribution in [0.5, 0.6) is 0 Å². The summed E-state index contributed by atoms with van der Waals surface area (Å²) in [5.41, 5.74) is 0.580. The first-order valence-electron chi connectivity index (χ1n) is 8.56. The molecule has 1 aliphatic carbocycles. The van der Waals surface area contributed by atoms with E-state index in [-0.39, 0.29) is 11.7 Å². The summed E-state index contributed by atoms with van der Waals surface area (Å²) in [6.07, 6.45) is 6.39. The number of carbonyl (C=O) groups excluding carboxylic acids is 2. The van der Waals surface area contributed by atoms with Gasteiger partial charge in [0, 0.05) is 23.7 Å². The van der Waals surface area contributed by atoms with Crippen molar-refractivity contribution >= 4 is 28.4 Å². The van der Waals surface area contributed by atoms with E-state index >= 15 is 0 Å². The van der Waals surface area contributed by atoms with Gasteiger partial charge in [-0.15, -0.1) is 0 Å². The lowest BCUT2D eigenvalue weighted by molar-refractivity contribution is -0.136. The molecular formula is C18H21F2N3O2. The Balaban J connectivity index is 1.62. The van der Waals surface area contributed by atoms with E-state index in [0.717, 1.165) is 44.2 Å². The van der Waals surface area contributed by atoms with Gasteiger partial charge in [-0.25, -0.2) is 8.78 Å². The molecule has 0 saturated heterocycles. The van der Waals surface area contributed by atoms with Crippen LogP contribution in [0.15, 0.2) is 18.3 Å². The van der Waals surface area contributed by atoms with Crippen molar-refractivity contribution in [1.29, 1.82) is 0 Å². The molecule has 0 atom stereocenters. The third-order valence-corrected chi connectivity index (χ3v) is 4.94. The van der Waals surface area contributed by atoms with Crippen molar-refractivity contribution in [3.05, 3.63) is 30.0 Å². The average molecular weight is 349 g/mol. The first kappa shape index (κ1) is 17.4. The predicted octanol–water partition coefficient (Wildman–Crippen LogP) is 3.47. The van der Waals surface area contributed by atoms with Gasteiger partial charge in [0.2, 0.25) is 0 Å². The molecular weight excluding hydrogens is 328 g/mol. The summed E-state index contributed by atoms with van der Waals surface area (Å²) in [6, 6.07) is 2.00. The van der Waals surface area contributed by atoms with Crippen LogP contribution in [0.4, 0.5) is 14.5 Å². The molecule has 2 aromatic rings. The number of aromatic nitrogens is 1. The molecule has 1 aromatic heterocycles. The monoisotopic (exact) mass is 349 g/mol. The molecule has 1 saturated carbocycles. The summed E-state index contributed by atoms with van der Waals surface area (Å²) in [7, 11) is 0. The van der Waals surface area contributed by atoms with Crippen molar-refractivity contribution in [2.24, 2.45) is 5.92 Å². The lowest BCUT2D eigenvalue weighted by atomic mass is 9.84. The summed E-state index contributed by atoms with van der Waals surface area (Å²) in [6.45, 7) is 2.16. The second-order valence-corrected chi connectivity index (χ2v) is 6.57. The zero-order valence-corrected chi connectivity index (χ0v) is 14.0. The predicted molar refractivity (Wildman–Crippen MR) is 91.0 cm³/mol. The maximum Gasteiger partial charge on any atom is 0.313 e. The number of halogens is 2. The van der Waals surface area contributed by atoms with Crippen LogP contribution in [0.1, 0.15) is 39.0 Å². The molecule has 1 aliphatic rings. The van der Waals surface area contributed by atoms with Gasteiger partial charge in [0.05, 0.1) is 11.2 Å². The molecule has 1 aromatic carbocycles. The summed E-state index contributed by atoms with van der Waals surface area (Å²) >= 11 is 0. The third kappa shape index (κ3) is 3.81. The van der Waals surface area contributed by atoms with Crippen LogP contribution in [-0.4, -0.2) is 22.8 Å². The van der Waals surface area contributed by atoms with Gasteiger partial charge < -0.3 is 15.6 Å². The molecule has 0 radical (unpaired) electrons. The van der Waals surface area contributed by atoms with Crippen molar-refractivity contribution in [3.63, 3.8) is 0 Å². The molecule has 0 bridgehead atoms. The highest BCUT2D eigenvalue weighted by Crippen LogP contribution is 2.27. The zero-order valence-electron chi connectivity index (χ0n) is 14.0. The summed E-state index contributed by atoms with van der Waals surface area (Å²) in [4.78, 5) is 26.9. The molecule has 3 N–H and O–H groups in total. The van der Waals surface area contributed by atoms with E-state index in [9.17, 15) is 18.4 Å². The number of hydrogen-bond donors (Lipinski definition) is 3. The fraction of sp³-hybridized carbons (Fsp3) is 0.444. The number of anilines is 1. The molecule has 1 heterocycles. The first-order chi connectivity index (χ1) is 12.0. The van der Waals surface area contributed by atoms with E-state index in [1.165, 1.54) is 6.20 Å². The summed E-state index contributed by atoms with van der Waals surface area (Å²) in [5, 5.41) is 5.51. The van der Waals surface area contributed by atoms with Gasteiger partial charge in [0.15, 0.2) is 11.6 Å². The van der Waals surface area contributed by atoms with Gasteiger partial charge >= 0.3 is 11.8 Å². The van der Waals surface area contributed by atoms with E-state index in [4.69, 9.17) is 0 Å². The van der Waals surface area contributed by atoms with E-state index in [0.29, 0.717) is 16.8 Å². The van der Waals surface area contributed by atoms with Crippen molar-refractivity contribution in [1.82, 2.24) is 10.3 Å². The maximum absolute atomic E-state index is 13.4. The fourth-order valence-corrected chi connectivity index (χ4v) is 3.37. The Morgan fingerprint density at radius 2 is 1.80 bits per heavy atom. The van der Waals surface area contributed by atoms with Crippen LogP contribution < -0.4 is 10.6 Å². The van der Waals surface area contributed by atoms with Gasteiger partial charge in [-0.1, -0.05) is 13.3 Å². The van der Waals surface area contributed by atoms with Crippen molar-refractivity contribution in [3.8, 4) is 0 Å². The van der Waals surface area contributed by atoms with Crippen molar-refractivity contribution in [2.75, 3.05) is 5.32 Å². The van der Waals surface area contributed by atoms with Crippen LogP contribution in [0.2, 0.25) is 0 Å². The SMILES string of the molecule is CC[C@H]1CC[C@@H](NC(=O)C(=O)Nc2c[nH]c3cc(F)c(F)cc23)CC1. The minimum absolute atomic E-state index is 0.00978. The fourth-order valence-electron chi connectivity index (χ4n) is 3.37. The standard InChI is InChI=1S/C18H21F2N3O2/c1-2-10-3-5-11(6-4-10)22-17(24)18(25)23-16-9-21-15-8-14(20)13(19)7-12(15)16/h7-11,21H,2-6H2,1H3,(H,22,24)(H,23,25)/t10-,11+. The van der Waals surface area contributed by atoms with Gasteiger partial charge in [-0.05, 0) is 37.7 Å². The lowest BCUT2D eigenvalue weighted by Crippen LogP contribution is -2.43. The quantitative estimate of drug-likeness (QED) is 0.742. The van der Waals surface area contributed by atoms with Crippen molar-refractivity contribution in [2.45, 2.75) is 45.1 Å². The zero-order chi connectivity index (χ0) is 18.0. The minimum atomic E-state index is -1.01. The number of hydrogen-bond acceptors (Lipinski definition) is 2. The molecule has 0 unspecified atom stereocenters. The number of nitrogens with one attached hydrogen (secondary N) is 3. The highest BCUT2D eigenvalue weighted by atomic mass is 19.2. The van der Waals surface area contributed by atoms with Crippen LogP contribution in [0, 0.1) is 17.6 Å². The molecule has 1 fully saturated rings. The maximum atomic E-state index is 13.4. The van der Waals surface area contributed by atoms with Crippen LogP contribution in [-0.2, 0) is 9.59 Å². The highest BCUT2D eigenvalue weighted by Gasteiger charge is 2.24. The number of fused-ring (bicyclic) bond motifs is 1. The van der Waals surface area contributed by atoms with Gasteiger partial charge in [0.25, 0.3) is 0 Å². The molecule has 7 heteroatoms. The largest absolute Gasteiger partial charge is 0.359 e. The highest BCUT2D eigenvalue weighted by molar-refractivity contribution is 6.40. The van der Waals surface area contributed by atoms with Crippen LogP contribution in [0.3, 0.4) is 0 Å². The Hall–Kier alpha value is -2.44. The number of amides is 2. The number of benzene rings is 1. The molecule has 0 spiro atoms. The Bertz CT molecular complexity index is 795. The van der Waals surface area contributed by atoms with E-state index in [2.05, 4.69) is 22.5 Å². The van der Waals surface area contributed by atoms with Gasteiger partial charge in [0.1, 0.15) is 0 Å². The average Bonchev–Trinajstić information content (AvgIpc) is 2.97. The molecule has 25 heavy (non-hydrogen) atoms. The Morgan fingerprint density at radius 1 is 1.12 bits per heavy atom. The van der Waals surface area contributed by atoms with E-state index in [1.807, 2.05) is 0 Å². The summed E-state index contributed by atoms with van der Waals surface area (Å²) < 4.78 is 26.6. The Labute approximate surface area is 144 Å². The topological polar surface area (TPSA) is 74.0 Å². The lowest BCUT2D eigenvalue weighted by Gasteiger charge is -2.28. The third-order valence-electron chi connectivity index (χ3n) is 4.94.